The molecule has 2 aromatic rings. The van der Waals surface area contributed by atoms with Crippen LogP contribution in [0.3, 0.4) is 0 Å². The average Bonchev–Trinajstić information content (AvgIpc) is 2.16. The van der Waals surface area contributed by atoms with Crippen molar-refractivity contribution < 1.29 is 0 Å². The molecule has 2 rings (SSSR count). The number of nitrogens with one attached hydrogen (secondary N) is 1. The van der Waals surface area contributed by atoms with Gasteiger partial charge in [0.2, 0.25) is 0 Å². The first-order chi connectivity index (χ1) is 7.16. The molecule has 0 saturated carbocycles. The van der Waals surface area contributed by atoms with Crippen molar-refractivity contribution in [3.8, 4) is 0 Å². The Labute approximate surface area is 88.2 Å². The molecule has 0 saturated heterocycles. The summed E-state index contributed by atoms with van der Waals surface area (Å²) in [6.45, 7) is 4.25. The van der Waals surface area contributed by atoms with Crippen molar-refractivity contribution in [2.75, 3.05) is 0 Å². The van der Waals surface area contributed by atoms with Gasteiger partial charge in [0.05, 0.1) is 5.39 Å². The summed E-state index contributed by atoms with van der Waals surface area (Å²) in [4.78, 5) is 19.1. The van der Waals surface area contributed by atoms with Crippen LogP contribution in [0.4, 0.5) is 0 Å². The van der Waals surface area contributed by atoms with E-state index >= 15 is 0 Å². The Kier molecular flexibility index (Phi) is 2.54. The maximum Gasteiger partial charge on any atom is 0.191 e. The number of hydrogen-bond acceptors (Lipinski definition) is 2. The van der Waals surface area contributed by atoms with Crippen LogP contribution in [0.1, 0.15) is 19.5 Å². The van der Waals surface area contributed by atoms with Crippen LogP contribution >= 0.6 is 0 Å². The molecule has 0 aromatic carbocycles. The van der Waals surface area contributed by atoms with Gasteiger partial charge < -0.3 is 4.98 Å². The molecule has 0 aliphatic heterocycles. The summed E-state index contributed by atoms with van der Waals surface area (Å²) in [6.07, 6.45) is 2.57. The second-order valence-corrected chi connectivity index (χ2v) is 4.16. The van der Waals surface area contributed by atoms with Gasteiger partial charge in [0, 0.05) is 18.0 Å². The number of aromatic nitrogens is 2. The second-order valence-electron chi connectivity index (χ2n) is 4.16. The van der Waals surface area contributed by atoms with Gasteiger partial charge in [-0.1, -0.05) is 13.8 Å². The number of fused-ring (bicyclic) bond motifs is 1. The summed E-state index contributed by atoms with van der Waals surface area (Å²) in [7, 11) is 0. The van der Waals surface area contributed by atoms with E-state index in [-0.39, 0.29) is 5.43 Å². The monoisotopic (exact) mass is 202 g/mol. The number of nitrogens with zero attached hydrogens (tertiary/aromatic N) is 1. The van der Waals surface area contributed by atoms with Crippen LogP contribution < -0.4 is 5.43 Å². The minimum absolute atomic E-state index is 0.0486. The van der Waals surface area contributed by atoms with Gasteiger partial charge >= 0.3 is 0 Å². The molecule has 3 nitrogen and oxygen atoms in total. The van der Waals surface area contributed by atoms with E-state index in [1.54, 1.807) is 24.4 Å². The molecule has 0 aliphatic carbocycles. The predicted molar refractivity (Wildman–Crippen MR) is 60.9 cm³/mol. The largest absolute Gasteiger partial charge is 0.343 e. The highest BCUT2D eigenvalue weighted by atomic mass is 16.1. The minimum Gasteiger partial charge on any atom is -0.343 e. The lowest BCUT2D eigenvalue weighted by molar-refractivity contribution is 0.636. The Morgan fingerprint density at radius 1 is 1.47 bits per heavy atom. The summed E-state index contributed by atoms with van der Waals surface area (Å²) in [6, 6.07) is 5.24. The smallest absolute Gasteiger partial charge is 0.191 e. The zero-order valence-corrected chi connectivity index (χ0v) is 8.95. The van der Waals surface area contributed by atoms with Gasteiger partial charge in [-0.05, 0) is 24.5 Å². The number of pyridine rings is 2. The Morgan fingerprint density at radius 2 is 2.27 bits per heavy atom. The Bertz CT molecular complexity index is 528. The van der Waals surface area contributed by atoms with E-state index in [1.165, 1.54) is 0 Å². The lowest BCUT2D eigenvalue weighted by Gasteiger charge is -2.05. The molecular weight excluding hydrogens is 188 g/mol. The second kappa shape index (κ2) is 3.85. The van der Waals surface area contributed by atoms with Gasteiger partial charge in [0.1, 0.15) is 5.65 Å². The molecule has 3 heteroatoms. The highest BCUT2D eigenvalue weighted by Gasteiger charge is 2.03. The number of hydrogen-bond donors (Lipinski definition) is 1. The fraction of sp³-hybridized carbons (Fsp3) is 0.333. The van der Waals surface area contributed by atoms with Crippen LogP contribution in [0.5, 0.6) is 0 Å². The van der Waals surface area contributed by atoms with Gasteiger partial charge in [0.15, 0.2) is 5.43 Å². The van der Waals surface area contributed by atoms with E-state index in [9.17, 15) is 4.79 Å². The van der Waals surface area contributed by atoms with Crippen LogP contribution in [-0.4, -0.2) is 9.97 Å². The van der Waals surface area contributed by atoms with Crippen LogP contribution in [0.15, 0.2) is 29.2 Å². The van der Waals surface area contributed by atoms with Gasteiger partial charge in [-0.15, -0.1) is 0 Å². The van der Waals surface area contributed by atoms with Gasteiger partial charge in [0.25, 0.3) is 0 Å². The highest BCUT2D eigenvalue weighted by Crippen LogP contribution is 2.07. The van der Waals surface area contributed by atoms with E-state index in [2.05, 4.69) is 23.8 Å². The molecule has 0 aliphatic rings. The Balaban J connectivity index is 2.57. The topological polar surface area (TPSA) is 45.8 Å². The molecule has 1 N–H and O–H groups in total. The summed E-state index contributed by atoms with van der Waals surface area (Å²) in [5.74, 6) is 0.529. The number of aromatic amines is 1. The fourth-order valence-electron chi connectivity index (χ4n) is 1.68. The molecule has 0 radical (unpaired) electrons. The van der Waals surface area contributed by atoms with Crippen LogP contribution in [0, 0.1) is 5.92 Å². The maximum atomic E-state index is 11.7. The van der Waals surface area contributed by atoms with E-state index in [0.29, 0.717) is 17.0 Å². The van der Waals surface area contributed by atoms with Crippen LogP contribution in [-0.2, 0) is 6.42 Å². The normalized spacial score (nSPS) is 11.1. The summed E-state index contributed by atoms with van der Waals surface area (Å²) >= 11 is 0. The third-order valence-electron chi connectivity index (χ3n) is 2.29. The molecule has 0 fully saturated rings. The zero-order valence-electron chi connectivity index (χ0n) is 8.95. The minimum atomic E-state index is 0.0486. The SMILES string of the molecule is CC(C)Cc1cc(=O)c2cccnc2[nH]1. The van der Waals surface area contributed by atoms with Crippen LogP contribution in [0.2, 0.25) is 0 Å². The first-order valence-corrected chi connectivity index (χ1v) is 5.14. The molecule has 2 aromatic heterocycles. The third kappa shape index (κ3) is 2.06. The lowest BCUT2D eigenvalue weighted by atomic mass is 10.1. The Morgan fingerprint density at radius 3 is 3.00 bits per heavy atom. The van der Waals surface area contributed by atoms with Crippen molar-refractivity contribution in [3.05, 3.63) is 40.3 Å². The van der Waals surface area contributed by atoms with Crippen molar-refractivity contribution in [2.45, 2.75) is 20.3 Å². The van der Waals surface area contributed by atoms with Gasteiger partial charge in [-0.2, -0.15) is 0 Å². The third-order valence-corrected chi connectivity index (χ3v) is 2.29. The first-order valence-electron chi connectivity index (χ1n) is 5.14. The van der Waals surface area contributed by atoms with E-state index in [1.807, 2.05) is 0 Å². The average molecular weight is 202 g/mol. The quantitative estimate of drug-likeness (QED) is 0.810. The fourth-order valence-corrected chi connectivity index (χ4v) is 1.68. The predicted octanol–water partition coefficient (Wildman–Crippen LogP) is 2.12. The molecule has 78 valence electrons. The first kappa shape index (κ1) is 9.90. The summed E-state index contributed by atoms with van der Waals surface area (Å²) in [5, 5.41) is 0.657. The van der Waals surface area contributed by atoms with Crippen molar-refractivity contribution in [1.29, 1.82) is 0 Å². The highest BCUT2D eigenvalue weighted by molar-refractivity contribution is 5.73. The Hall–Kier alpha value is -1.64. The molecule has 0 unspecified atom stereocenters. The van der Waals surface area contributed by atoms with Gasteiger partial charge in [-0.25, -0.2) is 4.98 Å². The summed E-state index contributed by atoms with van der Waals surface area (Å²) < 4.78 is 0. The molecule has 2 heterocycles. The van der Waals surface area contributed by atoms with Gasteiger partial charge in [-0.3, -0.25) is 4.79 Å². The molecule has 0 amide bonds. The zero-order chi connectivity index (χ0) is 10.8. The molecular formula is C12H14N2O. The summed E-state index contributed by atoms with van der Waals surface area (Å²) in [5.41, 5.74) is 1.69. The molecule has 0 spiro atoms. The van der Waals surface area contributed by atoms with Crippen molar-refractivity contribution >= 4 is 11.0 Å². The van der Waals surface area contributed by atoms with E-state index in [0.717, 1.165) is 12.1 Å². The van der Waals surface area contributed by atoms with Crippen molar-refractivity contribution in [2.24, 2.45) is 5.92 Å². The number of rotatable bonds is 2. The molecule has 0 bridgehead atoms. The molecule has 0 atom stereocenters. The molecule has 15 heavy (non-hydrogen) atoms. The standard InChI is InChI=1S/C12H14N2O/c1-8(2)6-9-7-11(15)10-4-3-5-13-12(10)14-9/h3-5,7-8H,6H2,1-2H3,(H,13,14,15). The van der Waals surface area contributed by atoms with E-state index < -0.39 is 0 Å². The van der Waals surface area contributed by atoms with Crippen LogP contribution in [0.25, 0.3) is 11.0 Å². The van der Waals surface area contributed by atoms with Crippen molar-refractivity contribution in [3.63, 3.8) is 0 Å². The number of H-pyrrole nitrogens is 1. The van der Waals surface area contributed by atoms with Crippen molar-refractivity contribution in [1.82, 2.24) is 9.97 Å². The maximum absolute atomic E-state index is 11.7. The lowest BCUT2D eigenvalue weighted by Crippen LogP contribution is -2.07. The van der Waals surface area contributed by atoms with E-state index in [4.69, 9.17) is 0 Å².